The molecule has 1 amide bonds. The number of aliphatic carboxylic acids is 1. The average molecular weight is 190 g/mol. The molecule has 0 aromatic carbocycles. The number of rotatable bonds is 5. The molecule has 0 aromatic rings. The van der Waals surface area contributed by atoms with Crippen molar-refractivity contribution in [3.05, 3.63) is 0 Å². The SMILES string of the molecule is COC(CN)C(=O)N(C)CC(=O)O. The van der Waals surface area contributed by atoms with Gasteiger partial charge in [-0.1, -0.05) is 0 Å². The Morgan fingerprint density at radius 2 is 2.15 bits per heavy atom. The number of ether oxygens (including phenoxy) is 1. The molecule has 0 aliphatic rings. The maximum atomic E-state index is 11.3. The minimum Gasteiger partial charge on any atom is -0.480 e. The smallest absolute Gasteiger partial charge is 0.323 e. The third-order valence-electron chi connectivity index (χ3n) is 1.52. The molecule has 6 heteroatoms. The van der Waals surface area contributed by atoms with Crippen LogP contribution in [0, 0.1) is 0 Å². The van der Waals surface area contributed by atoms with Gasteiger partial charge < -0.3 is 20.5 Å². The Balaban J connectivity index is 4.14. The van der Waals surface area contributed by atoms with E-state index in [0.29, 0.717) is 0 Å². The summed E-state index contributed by atoms with van der Waals surface area (Å²) in [5.41, 5.74) is 5.23. The molecule has 0 aromatic heterocycles. The van der Waals surface area contributed by atoms with Crippen LogP contribution in [0.4, 0.5) is 0 Å². The number of carboxylic acids is 1. The van der Waals surface area contributed by atoms with Gasteiger partial charge in [0.05, 0.1) is 0 Å². The second-order valence-corrected chi connectivity index (χ2v) is 2.55. The summed E-state index contributed by atoms with van der Waals surface area (Å²) in [4.78, 5) is 22.6. The van der Waals surface area contributed by atoms with Gasteiger partial charge in [0.1, 0.15) is 12.6 Å². The largest absolute Gasteiger partial charge is 0.480 e. The van der Waals surface area contributed by atoms with Crippen LogP contribution in [-0.2, 0) is 14.3 Å². The van der Waals surface area contributed by atoms with Gasteiger partial charge in [-0.15, -0.1) is 0 Å². The van der Waals surface area contributed by atoms with Gasteiger partial charge in [-0.25, -0.2) is 0 Å². The van der Waals surface area contributed by atoms with Crippen molar-refractivity contribution in [3.63, 3.8) is 0 Å². The molecule has 76 valence electrons. The first-order valence-electron chi connectivity index (χ1n) is 3.72. The molecule has 0 spiro atoms. The number of nitrogens with zero attached hydrogens (tertiary/aromatic N) is 1. The van der Waals surface area contributed by atoms with Crippen molar-refractivity contribution in [1.29, 1.82) is 0 Å². The Hall–Kier alpha value is -1.14. The Morgan fingerprint density at radius 3 is 2.46 bits per heavy atom. The van der Waals surface area contributed by atoms with E-state index in [9.17, 15) is 9.59 Å². The fraction of sp³-hybridized carbons (Fsp3) is 0.714. The molecule has 0 saturated carbocycles. The van der Waals surface area contributed by atoms with Crippen molar-refractivity contribution in [2.75, 3.05) is 27.2 Å². The van der Waals surface area contributed by atoms with E-state index in [1.165, 1.54) is 14.2 Å². The Kier molecular flexibility index (Phi) is 5.01. The second-order valence-electron chi connectivity index (χ2n) is 2.55. The second kappa shape index (κ2) is 5.50. The van der Waals surface area contributed by atoms with Gasteiger partial charge in [0, 0.05) is 20.7 Å². The van der Waals surface area contributed by atoms with Crippen molar-refractivity contribution in [2.24, 2.45) is 5.73 Å². The summed E-state index contributed by atoms with van der Waals surface area (Å²) in [6, 6.07) is 0. The topological polar surface area (TPSA) is 92.9 Å². The van der Waals surface area contributed by atoms with E-state index in [4.69, 9.17) is 15.6 Å². The molecule has 6 nitrogen and oxygen atoms in total. The molecule has 0 aliphatic carbocycles. The molecule has 0 radical (unpaired) electrons. The van der Waals surface area contributed by atoms with Crippen molar-refractivity contribution >= 4 is 11.9 Å². The van der Waals surface area contributed by atoms with Crippen LogP contribution in [0.2, 0.25) is 0 Å². The van der Waals surface area contributed by atoms with Gasteiger partial charge in [0.25, 0.3) is 5.91 Å². The summed E-state index contributed by atoms with van der Waals surface area (Å²) in [5.74, 6) is -1.49. The summed E-state index contributed by atoms with van der Waals surface area (Å²) in [5, 5.41) is 8.39. The van der Waals surface area contributed by atoms with E-state index < -0.39 is 18.0 Å². The fourth-order valence-corrected chi connectivity index (χ4v) is 0.824. The molecule has 0 saturated heterocycles. The standard InChI is InChI=1S/C7H14N2O4/c1-9(4-6(10)11)7(12)5(3-8)13-2/h5H,3-4,8H2,1-2H3,(H,10,11). The predicted molar refractivity (Wildman–Crippen MR) is 45.1 cm³/mol. The van der Waals surface area contributed by atoms with Gasteiger partial charge in [-0.05, 0) is 0 Å². The first-order chi connectivity index (χ1) is 6.02. The number of hydrogen-bond acceptors (Lipinski definition) is 4. The predicted octanol–water partition coefficient (Wildman–Crippen LogP) is -1.50. The molecule has 1 unspecified atom stereocenters. The van der Waals surface area contributed by atoms with Gasteiger partial charge in [0.2, 0.25) is 0 Å². The lowest BCUT2D eigenvalue weighted by Gasteiger charge is -2.19. The maximum Gasteiger partial charge on any atom is 0.323 e. The number of nitrogens with two attached hydrogens (primary N) is 1. The lowest BCUT2D eigenvalue weighted by atomic mass is 10.3. The van der Waals surface area contributed by atoms with Gasteiger partial charge >= 0.3 is 5.97 Å². The zero-order valence-electron chi connectivity index (χ0n) is 7.69. The highest BCUT2D eigenvalue weighted by Crippen LogP contribution is 1.94. The van der Waals surface area contributed by atoms with Crippen molar-refractivity contribution in [1.82, 2.24) is 4.90 Å². The molecule has 0 heterocycles. The van der Waals surface area contributed by atoms with E-state index in [2.05, 4.69) is 0 Å². The molecule has 13 heavy (non-hydrogen) atoms. The quantitative estimate of drug-likeness (QED) is 0.550. The third kappa shape index (κ3) is 3.86. The molecule has 0 rings (SSSR count). The number of carbonyl (C=O) groups excluding carboxylic acids is 1. The highest BCUT2D eigenvalue weighted by molar-refractivity contribution is 5.84. The Bertz CT molecular complexity index is 191. The fourth-order valence-electron chi connectivity index (χ4n) is 0.824. The minimum atomic E-state index is -1.07. The molecule has 0 bridgehead atoms. The molecular weight excluding hydrogens is 176 g/mol. The third-order valence-corrected chi connectivity index (χ3v) is 1.52. The molecule has 0 aliphatic heterocycles. The number of amides is 1. The lowest BCUT2D eigenvalue weighted by molar-refractivity contribution is -0.148. The van der Waals surface area contributed by atoms with Crippen LogP contribution in [0.15, 0.2) is 0 Å². The average Bonchev–Trinajstić information content (AvgIpc) is 2.05. The van der Waals surface area contributed by atoms with Crippen LogP contribution in [0.3, 0.4) is 0 Å². The van der Waals surface area contributed by atoms with Gasteiger partial charge in [-0.3, -0.25) is 9.59 Å². The van der Waals surface area contributed by atoms with Crippen LogP contribution in [0.1, 0.15) is 0 Å². The summed E-state index contributed by atoms with van der Waals surface area (Å²) >= 11 is 0. The van der Waals surface area contributed by atoms with Crippen LogP contribution < -0.4 is 5.73 Å². The van der Waals surface area contributed by atoms with Crippen LogP contribution in [0.25, 0.3) is 0 Å². The summed E-state index contributed by atoms with van der Waals surface area (Å²) in [6.45, 7) is -0.308. The van der Waals surface area contributed by atoms with Crippen LogP contribution in [-0.4, -0.2) is 55.2 Å². The Morgan fingerprint density at radius 1 is 1.62 bits per heavy atom. The lowest BCUT2D eigenvalue weighted by Crippen LogP contribution is -2.43. The van der Waals surface area contributed by atoms with E-state index in [1.54, 1.807) is 0 Å². The van der Waals surface area contributed by atoms with Gasteiger partial charge in [0.15, 0.2) is 0 Å². The molecule has 0 fully saturated rings. The van der Waals surface area contributed by atoms with E-state index in [-0.39, 0.29) is 13.1 Å². The van der Waals surface area contributed by atoms with Crippen LogP contribution in [0.5, 0.6) is 0 Å². The number of carbonyl (C=O) groups is 2. The van der Waals surface area contributed by atoms with E-state index in [1.807, 2.05) is 0 Å². The number of hydrogen-bond donors (Lipinski definition) is 2. The molecule has 3 N–H and O–H groups in total. The first-order valence-corrected chi connectivity index (χ1v) is 3.72. The van der Waals surface area contributed by atoms with Crippen molar-refractivity contribution in [3.8, 4) is 0 Å². The summed E-state index contributed by atoms with van der Waals surface area (Å²) < 4.78 is 4.75. The van der Waals surface area contributed by atoms with Gasteiger partial charge in [-0.2, -0.15) is 0 Å². The highest BCUT2D eigenvalue weighted by Gasteiger charge is 2.21. The molecule has 1 atom stereocenters. The highest BCUT2D eigenvalue weighted by atomic mass is 16.5. The number of methoxy groups -OCH3 is 1. The van der Waals surface area contributed by atoms with E-state index >= 15 is 0 Å². The Labute approximate surface area is 76.3 Å². The first kappa shape index (κ1) is 11.9. The normalized spacial score (nSPS) is 12.2. The number of likely N-dealkylation sites (N-methyl/N-ethyl adjacent to an activating group) is 1. The maximum absolute atomic E-state index is 11.3. The zero-order chi connectivity index (χ0) is 10.4. The van der Waals surface area contributed by atoms with Crippen LogP contribution >= 0.6 is 0 Å². The number of carboxylic acid groups (broad SMARTS) is 1. The summed E-state index contributed by atoms with van der Waals surface area (Å²) in [7, 11) is 2.74. The minimum absolute atomic E-state index is 0.0410. The van der Waals surface area contributed by atoms with E-state index in [0.717, 1.165) is 4.90 Å². The van der Waals surface area contributed by atoms with Crippen molar-refractivity contribution < 1.29 is 19.4 Å². The molecular formula is C7H14N2O4. The monoisotopic (exact) mass is 190 g/mol. The van der Waals surface area contributed by atoms with Crippen molar-refractivity contribution in [2.45, 2.75) is 6.10 Å². The summed E-state index contributed by atoms with van der Waals surface area (Å²) in [6.07, 6.45) is -0.760. The zero-order valence-corrected chi connectivity index (χ0v) is 7.69.